The fourth-order valence-electron chi connectivity index (χ4n) is 8.51. The summed E-state index contributed by atoms with van der Waals surface area (Å²) in [6.45, 7) is 8.76. The van der Waals surface area contributed by atoms with Gasteiger partial charge in [0.2, 0.25) is 18.0 Å². The Morgan fingerprint density at radius 2 is 1.77 bits per heavy atom. The lowest BCUT2D eigenvalue weighted by molar-refractivity contribution is -0.135. The van der Waals surface area contributed by atoms with Gasteiger partial charge in [0, 0.05) is 34.5 Å². The maximum absolute atomic E-state index is 16.7. The number of nitrogens with one attached hydrogen (secondary N) is 4. The Hall–Kier alpha value is -6.69. The molecule has 1 saturated heterocycles. The molecule has 0 radical (unpaired) electrons. The van der Waals surface area contributed by atoms with E-state index in [1.165, 1.54) is 25.2 Å². The zero-order chi connectivity index (χ0) is 45.2. The van der Waals surface area contributed by atoms with Crippen LogP contribution >= 0.6 is 11.3 Å². The summed E-state index contributed by atoms with van der Waals surface area (Å²) < 4.78 is 34.9. The first-order chi connectivity index (χ1) is 30.9. The largest absolute Gasteiger partial charge is 0.464 e. The van der Waals surface area contributed by atoms with Crippen LogP contribution in [0.15, 0.2) is 60.9 Å². The lowest BCUT2D eigenvalue weighted by Gasteiger charge is -2.30. The predicted octanol–water partition coefficient (Wildman–Crippen LogP) is 7.93. The van der Waals surface area contributed by atoms with Gasteiger partial charge in [-0.15, -0.1) is 11.3 Å². The van der Waals surface area contributed by atoms with Gasteiger partial charge in [-0.3, -0.25) is 14.2 Å². The molecule has 4 N–H and O–H groups in total. The molecule has 336 valence electrons. The number of ether oxygens (including phenoxy) is 3. The predicted molar refractivity (Wildman–Crippen MR) is 239 cm³/mol. The Morgan fingerprint density at radius 1 is 0.984 bits per heavy atom. The summed E-state index contributed by atoms with van der Waals surface area (Å²) in [5, 5.41) is 6.00. The van der Waals surface area contributed by atoms with Gasteiger partial charge in [-0.1, -0.05) is 33.8 Å². The summed E-state index contributed by atoms with van der Waals surface area (Å²) in [5.74, 6) is 0.439. The van der Waals surface area contributed by atoms with Crippen molar-refractivity contribution in [2.45, 2.75) is 78.2 Å². The summed E-state index contributed by atoms with van der Waals surface area (Å²) in [7, 11) is 2.51. The average Bonchev–Trinajstić information content (AvgIpc) is 4.15. The number of nitrogens with zero attached hydrogens (tertiary/aromatic N) is 5. The highest BCUT2D eigenvalue weighted by Gasteiger charge is 2.38. The molecule has 2 aliphatic heterocycles. The summed E-state index contributed by atoms with van der Waals surface area (Å²) in [4.78, 5) is 71.9. The lowest BCUT2D eigenvalue weighted by Crippen LogP contribution is -2.51. The number of methoxy groups -OCH3 is 2. The molecule has 0 bridgehead atoms. The minimum atomic E-state index is -0.739. The van der Waals surface area contributed by atoms with Crippen LogP contribution in [-0.2, 0) is 32.0 Å². The van der Waals surface area contributed by atoms with Gasteiger partial charge in [-0.05, 0) is 74.1 Å². The zero-order valence-electron chi connectivity index (χ0n) is 36.6. The number of rotatable bonds is 14. The molecule has 18 heteroatoms. The van der Waals surface area contributed by atoms with Gasteiger partial charge in [-0.2, -0.15) is 0 Å². The van der Waals surface area contributed by atoms with E-state index in [9.17, 15) is 19.2 Å². The molecule has 2 unspecified atom stereocenters. The van der Waals surface area contributed by atoms with Crippen molar-refractivity contribution in [3.8, 4) is 39.5 Å². The molecule has 0 spiro atoms. The van der Waals surface area contributed by atoms with Gasteiger partial charge >= 0.3 is 12.2 Å². The second kappa shape index (κ2) is 18.6. The minimum absolute atomic E-state index is 0.150. The molecule has 8 rings (SSSR count). The van der Waals surface area contributed by atoms with Gasteiger partial charge in [0.25, 0.3) is 0 Å². The zero-order valence-corrected chi connectivity index (χ0v) is 37.4. The average molecular weight is 894 g/mol. The lowest BCUT2D eigenvalue weighted by atomic mass is 10.0. The summed E-state index contributed by atoms with van der Waals surface area (Å²) in [6.07, 6.45) is 4.53. The van der Waals surface area contributed by atoms with E-state index in [2.05, 4.69) is 49.4 Å². The van der Waals surface area contributed by atoms with Crippen LogP contribution in [0.1, 0.15) is 80.6 Å². The fraction of sp³-hybridized carbons (Fsp3) is 0.391. The van der Waals surface area contributed by atoms with Crippen LogP contribution in [0.4, 0.5) is 14.0 Å². The van der Waals surface area contributed by atoms with E-state index in [0.717, 1.165) is 46.3 Å². The van der Waals surface area contributed by atoms with Crippen molar-refractivity contribution in [2.75, 3.05) is 33.9 Å². The van der Waals surface area contributed by atoms with Crippen LogP contribution in [0.25, 0.3) is 44.7 Å². The summed E-state index contributed by atoms with van der Waals surface area (Å²) in [5.41, 5.74) is 4.57. The molecule has 3 atom stereocenters. The quantitative estimate of drug-likeness (QED) is 0.0842. The maximum atomic E-state index is 16.7. The number of alkyl carbamates (subject to hydrolysis) is 2. The summed E-state index contributed by atoms with van der Waals surface area (Å²) in [6, 6.07) is 14.4. The Labute approximate surface area is 373 Å². The van der Waals surface area contributed by atoms with Crippen LogP contribution in [0.2, 0.25) is 0 Å². The number of fused-ring (bicyclic) bond motifs is 5. The minimum Gasteiger partial charge on any atom is -0.464 e. The van der Waals surface area contributed by atoms with Crippen LogP contribution in [0.3, 0.4) is 0 Å². The number of carbonyl (C=O) groups is 4. The van der Waals surface area contributed by atoms with E-state index < -0.39 is 30.3 Å². The number of likely N-dealkylation sites (tertiary alicyclic amines) is 1. The molecule has 64 heavy (non-hydrogen) atoms. The van der Waals surface area contributed by atoms with Gasteiger partial charge in [0.15, 0.2) is 0 Å². The number of H-pyrrole nitrogens is 2. The van der Waals surface area contributed by atoms with Crippen molar-refractivity contribution in [1.82, 2.24) is 44.9 Å². The van der Waals surface area contributed by atoms with Crippen molar-refractivity contribution in [3.05, 3.63) is 88.1 Å². The smallest absolute Gasteiger partial charge is 0.407 e. The number of aromatic amines is 2. The third-order valence-electron chi connectivity index (χ3n) is 11.7. The molecule has 16 nitrogen and oxygen atoms in total. The van der Waals surface area contributed by atoms with E-state index >= 15 is 4.39 Å². The molecule has 4 aromatic heterocycles. The standard InChI is InChI=1S/C46H52FN9O7S/c1-7-15-54(39(57)23-50-45(59)61-5)24-38-48-21-32(51-38)27-18-30(47)40-35-19-28-17-26(11-13-33(28)56(35)44(63-36(40)20-27)37-14-12-29(8-2)64-37)31-22-49-42(52-31)34-10-9-16-55(34)43(58)41(25(3)4)53-46(60)62-6/h11-14,17-22,25,34,41,44H,7-10,15-16,23-24H2,1-6H3,(H,48,51)(H,49,52)(H,50,59)(H,53,60)/t34-,41?,44?/m0/s1. The molecule has 0 saturated carbocycles. The number of hydrogen-bond acceptors (Lipinski definition) is 10. The van der Waals surface area contributed by atoms with Crippen molar-refractivity contribution >= 4 is 46.2 Å². The maximum Gasteiger partial charge on any atom is 0.407 e. The van der Waals surface area contributed by atoms with Crippen molar-refractivity contribution in [2.24, 2.45) is 5.92 Å². The third kappa shape index (κ3) is 8.65. The Balaban J connectivity index is 1.10. The number of amides is 4. The normalized spacial score (nSPS) is 16.0. The molecule has 0 aliphatic carbocycles. The first-order valence-electron chi connectivity index (χ1n) is 21.5. The van der Waals surface area contributed by atoms with Gasteiger partial charge < -0.3 is 44.6 Å². The van der Waals surface area contributed by atoms with E-state index in [0.29, 0.717) is 59.4 Å². The van der Waals surface area contributed by atoms with Gasteiger partial charge in [0.05, 0.1) is 72.2 Å². The number of aromatic nitrogens is 5. The molecule has 1 fully saturated rings. The van der Waals surface area contributed by atoms with Crippen LogP contribution in [0.5, 0.6) is 5.75 Å². The van der Waals surface area contributed by atoms with Crippen molar-refractivity contribution < 1.29 is 37.8 Å². The van der Waals surface area contributed by atoms with E-state index in [1.54, 1.807) is 33.5 Å². The molecule has 4 amide bonds. The van der Waals surface area contributed by atoms with E-state index in [-0.39, 0.29) is 36.9 Å². The molecular formula is C46H52FN9O7S. The molecular weight excluding hydrogens is 842 g/mol. The Morgan fingerprint density at radius 3 is 2.50 bits per heavy atom. The third-order valence-corrected chi connectivity index (χ3v) is 13.0. The number of carbonyl (C=O) groups excluding carboxylic acids is 4. The number of aryl methyl sites for hydroxylation is 1. The van der Waals surface area contributed by atoms with E-state index in [1.807, 2.05) is 55.7 Å². The number of halogens is 1. The first-order valence-corrected chi connectivity index (χ1v) is 22.3. The summed E-state index contributed by atoms with van der Waals surface area (Å²) >= 11 is 1.65. The number of thiophene rings is 1. The molecule has 2 aliphatic rings. The fourth-order valence-corrected chi connectivity index (χ4v) is 9.49. The SMILES string of the molecule is CCCN(Cc1ncc(-c2cc(F)c3c(c2)OC(c2ccc(CC)s2)n2c-3cc3cc(-c4cnc([C@@H]5CCCN5C(=O)C(NC(=O)OC)C(C)C)[nH]4)ccc32)[nH]1)C(=O)CNC(=O)OC. The molecule has 2 aromatic carbocycles. The second-order valence-corrected chi connectivity index (χ2v) is 17.5. The monoisotopic (exact) mass is 893 g/mol. The van der Waals surface area contributed by atoms with E-state index in [4.69, 9.17) is 14.5 Å². The van der Waals surface area contributed by atoms with Crippen molar-refractivity contribution in [3.63, 3.8) is 0 Å². The number of benzene rings is 2. The first kappa shape index (κ1) is 43.9. The van der Waals surface area contributed by atoms with Crippen LogP contribution < -0.4 is 15.4 Å². The molecule has 6 aromatic rings. The number of imidazole rings is 2. The second-order valence-electron chi connectivity index (χ2n) is 16.3. The van der Waals surface area contributed by atoms with Crippen LogP contribution in [-0.4, -0.2) is 98.2 Å². The number of hydrogen-bond donors (Lipinski definition) is 4. The Kier molecular flexibility index (Phi) is 12.8. The van der Waals surface area contributed by atoms with Gasteiger partial charge in [-0.25, -0.2) is 23.9 Å². The highest BCUT2D eigenvalue weighted by atomic mass is 32.1. The molecule has 6 heterocycles. The highest BCUT2D eigenvalue weighted by Crippen LogP contribution is 2.48. The van der Waals surface area contributed by atoms with Gasteiger partial charge in [0.1, 0.15) is 35.8 Å². The Bertz CT molecular complexity index is 2700. The van der Waals surface area contributed by atoms with Crippen LogP contribution in [0, 0.1) is 11.7 Å². The highest BCUT2D eigenvalue weighted by molar-refractivity contribution is 7.12. The topological polar surface area (TPSA) is 189 Å². The van der Waals surface area contributed by atoms with Crippen molar-refractivity contribution in [1.29, 1.82) is 0 Å².